The number of nitro groups is 1. The van der Waals surface area contributed by atoms with Crippen molar-refractivity contribution < 1.29 is 4.92 Å². The SMILES string of the molecule is CCN(c1ncc(Br)cc1[N+](=O)[O-])C(C)C. The van der Waals surface area contributed by atoms with Gasteiger partial charge in [0.1, 0.15) is 0 Å². The fraction of sp³-hybridized carbons (Fsp3) is 0.500. The van der Waals surface area contributed by atoms with Gasteiger partial charge in [0, 0.05) is 29.3 Å². The van der Waals surface area contributed by atoms with E-state index in [2.05, 4.69) is 20.9 Å². The van der Waals surface area contributed by atoms with Gasteiger partial charge in [-0.2, -0.15) is 0 Å². The normalized spacial score (nSPS) is 10.6. The van der Waals surface area contributed by atoms with Crippen molar-refractivity contribution in [1.82, 2.24) is 4.98 Å². The van der Waals surface area contributed by atoms with Crippen LogP contribution in [0.15, 0.2) is 16.7 Å². The van der Waals surface area contributed by atoms with Crippen molar-refractivity contribution in [2.75, 3.05) is 11.4 Å². The molecule has 0 bridgehead atoms. The lowest BCUT2D eigenvalue weighted by Crippen LogP contribution is -2.31. The molecule has 0 unspecified atom stereocenters. The predicted molar refractivity (Wildman–Crippen MR) is 66.7 cm³/mol. The number of nitrogens with zero attached hydrogens (tertiary/aromatic N) is 3. The molecular weight excluding hydrogens is 274 g/mol. The Kier molecular flexibility index (Phi) is 4.23. The number of hydrogen-bond acceptors (Lipinski definition) is 4. The first-order chi connectivity index (χ1) is 7.47. The van der Waals surface area contributed by atoms with E-state index in [0.29, 0.717) is 16.8 Å². The largest absolute Gasteiger partial charge is 0.349 e. The van der Waals surface area contributed by atoms with E-state index in [1.54, 1.807) is 6.20 Å². The van der Waals surface area contributed by atoms with Gasteiger partial charge in [-0.3, -0.25) is 10.1 Å². The molecule has 88 valence electrons. The standard InChI is InChI=1S/C10H14BrN3O2/c1-4-13(7(2)3)10-9(14(15)16)5-8(11)6-12-10/h5-7H,4H2,1-3H3. The second-order valence-corrected chi connectivity index (χ2v) is 4.55. The topological polar surface area (TPSA) is 59.3 Å². The first kappa shape index (κ1) is 12.9. The van der Waals surface area contributed by atoms with Crippen LogP contribution >= 0.6 is 15.9 Å². The molecule has 0 N–H and O–H groups in total. The van der Waals surface area contributed by atoms with Gasteiger partial charge in [0.05, 0.1) is 4.92 Å². The van der Waals surface area contributed by atoms with Gasteiger partial charge >= 0.3 is 5.69 Å². The van der Waals surface area contributed by atoms with Crippen molar-refractivity contribution in [3.05, 3.63) is 26.9 Å². The molecule has 0 aliphatic carbocycles. The Morgan fingerprint density at radius 2 is 2.25 bits per heavy atom. The quantitative estimate of drug-likeness (QED) is 0.631. The zero-order valence-corrected chi connectivity index (χ0v) is 11.1. The fourth-order valence-electron chi connectivity index (χ4n) is 1.54. The van der Waals surface area contributed by atoms with Gasteiger partial charge in [-0.1, -0.05) is 0 Å². The minimum absolute atomic E-state index is 0.0323. The highest BCUT2D eigenvalue weighted by molar-refractivity contribution is 9.10. The molecule has 0 radical (unpaired) electrons. The molecule has 1 rings (SSSR count). The maximum Gasteiger partial charge on any atom is 0.312 e. The molecule has 6 heteroatoms. The summed E-state index contributed by atoms with van der Waals surface area (Å²) in [5.41, 5.74) is 0.0323. The van der Waals surface area contributed by atoms with Crippen LogP contribution in [0.2, 0.25) is 0 Å². The zero-order valence-electron chi connectivity index (χ0n) is 9.48. The zero-order chi connectivity index (χ0) is 12.3. The molecule has 0 atom stereocenters. The Morgan fingerprint density at radius 3 is 2.69 bits per heavy atom. The van der Waals surface area contributed by atoms with E-state index in [0.717, 1.165) is 0 Å². The predicted octanol–water partition coefficient (Wildman–Crippen LogP) is 2.99. The number of aromatic nitrogens is 1. The average Bonchev–Trinajstić information content (AvgIpc) is 2.20. The third-order valence-electron chi connectivity index (χ3n) is 2.25. The Hall–Kier alpha value is -1.17. The number of pyridine rings is 1. The van der Waals surface area contributed by atoms with Crippen LogP contribution in [-0.2, 0) is 0 Å². The molecule has 0 aliphatic rings. The Balaban J connectivity index is 3.26. The molecule has 0 saturated heterocycles. The second-order valence-electron chi connectivity index (χ2n) is 3.63. The maximum atomic E-state index is 10.9. The summed E-state index contributed by atoms with van der Waals surface area (Å²) in [4.78, 5) is 16.6. The molecule has 0 amide bonds. The van der Waals surface area contributed by atoms with Crippen LogP contribution in [0, 0.1) is 10.1 Å². The molecule has 1 aromatic rings. The minimum Gasteiger partial charge on any atom is -0.349 e. The van der Waals surface area contributed by atoms with Crippen LogP contribution in [0.5, 0.6) is 0 Å². The minimum atomic E-state index is -0.405. The molecule has 16 heavy (non-hydrogen) atoms. The number of hydrogen-bond donors (Lipinski definition) is 0. The smallest absolute Gasteiger partial charge is 0.312 e. The average molecular weight is 288 g/mol. The van der Waals surface area contributed by atoms with Crippen LogP contribution in [0.1, 0.15) is 20.8 Å². The lowest BCUT2D eigenvalue weighted by molar-refractivity contribution is -0.384. The maximum absolute atomic E-state index is 10.9. The van der Waals surface area contributed by atoms with Crippen molar-refractivity contribution in [3.8, 4) is 0 Å². The molecule has 5 nitrogen and oxygen atoms in total. The van der Waals surface area contributed by atoms with Crippen molar-refractivity contribution in [1.29, 1.82) is 0 Å². The third-order valence-corrected chi connectivity index (χ3v) is 2.68. The van der Waals surface area contributed by atoms with Gasteiger partial charge in [0.15, 0.2) is 0 Å². The summed E-state index contributed by atoms with van der Waals surface area (Å²) in [5, 5.41) is 10.9. The van der Waals surface area contributed by atoms with Crippen LogP contribution in [-0.4, -0.2) is 22.5 Å². The van der Waals surface area contributed by atoms with Crippen molar-refractivity contribution in [2.45, 2.75) is 26.8 Å². The van der Waals surface area contributed by atoms with E-state index >= 15 is 0 Å². The summed E-state index contributed by atoms with van der Waals surface area (Å²) in [6.45, 7) is 6.61. The first-order valence-corrected chi connectivity index (χ1v) is 5.83. The van der Waals surface area contributed by atoms with Crippen LogP contribution in [0.3, 0.4) is 0 Å². The molecule has 0 aliphatic heterocycles. The van der Waals surface area contributed by atoms with E-state index in [1.165, 1.54) is 6.07 Å². The van der Waals surface area contributed by atoms with Gasteiger partial charge in [0.2, 0.25) is 5.82 Å². The number of anilines is 1. The van der Waals surface area contributed by atoms with Crippen molar-refractivity contribution in [2.24, 2.45) is 0 Å². The van der Waals surface area contributed by atoms with Gasteiger partial charge < -0.3 is 4.90 Å². The summed E-state index contributed by atoms with van der Waals surface area (Å²) in [6, 6.07) is 1.66. The second kappa shape index (κ2) is 5.25. The fourth-order valence-corrected chi connectivity index (χ4v) is 1.86. The Labute approximate surface area is 103 Å². The molecular formula is C10H14BrN3O2. The van der Waals surface area contributed by atoms with Gasteiger partial charge in [0.25, 0.3) is 0 Å². The van der Waals surface area contributed by atoms with Crippen LogP contribution < -0.4 is 4.90 Å². The van der Waals surface area contributed by atoms with E-state index in [1.807, 2.05) is 25.7 Å². The molecule has 0 spiro atoms. The lowest BCUT2D eigenvalue weighted by atomic mass is 10.3. The first-order valence-electron chi connectivity index (χ1n) is 5.04. The molecule has 0 fully saturated rings. The summed E-state index contributed by atoms with van der Waals surface area (Å²) >= 11 is 3.19. The van der Waals surface area contributed by atoms with Crippen molar-refractivity contribution >= 4 is 27.4 Å². The highest BCUT2D eigenvalue weighted by atomic mass is 79.9. The summed E-state index contributed by atoms with van der Waals surface area (Å²) in [6.07, 6.45) is 1.58. The Bertz CT molecular complexity index is 396. The van der Waals surface area contributed by atoms with E-state index in [9.17, 15) is 10.1 Å². The lowest BCUT2D eigenvalue weighted by Gasteiger charge is -2.25. The van der Waals surface area contributed by atoms with E-state index in [-0.39, 0.29) is 11.7 Å². The molecule has 0 saturated carbocycles. The van der Waals surface area contributed by atoms with E-state index < -0.39 is 4.92 Å². The summed E-state index contributed by atoms with van der Waals surface area (Å²) in [5.74, 6) is 0.422. The molecule has 1 heterocycles. The third kappa shape index (κ3) is 2.69. The van der Waals surface area contributed by atoms with Crippen molar-refractivity contribution in [3.63, 3.8) is 0 Å². The summed E-state index contributed by atoms with van der Waals surface area (Å²) in [7, 11) is 0. The highest BCUT2D eigenvalue weighted by Crippen LogP contribution is 2.29. The van der Waals surface area contributed by atoms with Crippen LogP contribution in [0.25, 0.3) is 0 Å². The van der Waals surface area contributed by atoms with E-state index in [4.69, 9.17) is 0 Å². The highest BCUT2D eigenvalue weighted by Gasteiger charge is 2.22. The molecule has 1 aromatic heterocycles. The molecule has 0 aromatic carbocycles. The van der Waals surface area contributed by atoms with Crippen LogP contribution in [0.4, 0.5) is 11.5 Å². The van der Waals surface area contributed by atoms with Gasteiger partial charge in [-0.05, 0) is 36.7 Å². The summed E-state index contributed by atoms with van der Waals surface area (Å²) < 4.78 is 0.614. The van der Waals surface area contributed by atoms with Gasteiger partial charge in [-0.15, -0.1) is 0 Å². The Morgan fingerprint density at radius 1 is 1.62 bits per heavy atom. The number of rotatable bonds is 4. The van der Waals surface area contributed by atoms with Gasteiger partial charge in [-0.25, -0.2) is 4.98 Å². The monoisotopic (exact) mass is 287 g/mol. The number of halogens is 1.